The lowest BCUT2D eigenvalue weighted by Crippen LogP contribution is -2.49. The molecule has 3 N–H and O–H groups in total. The van der Waals surface area contributed by atoms with Gasteiger partial charge in [-0.15, -0.1) is 0 Å². The number of nitrogens with one attached hydrogen (secondary N) is 2. The van der Waals surface area contributed by atoms with Crippen LogP contribution >= 0.6 is 0 Å². The molecule has 3 heterocycles. The van der Waals surface area contributed by atoms with Gasteiger partial charge in [-0.25, -0.2) is 18.9 Å². The van der Waals surface area contributed by atoms with Gasteiger partial charge in [0, 0.05) is 51.9 Å². The van der Waals surface area contributed by atoms with Crippen LogP contribution in [0.4, 0.5) is 0 Å². The predicted octanol–water partition coefficient (Wildman–Crippen LogP) is 2.35. The summed E-state index contributed by atoms with van der Waals surface area (Å²) in [4.78, 5) is 34.3. The number of nitrogens with zero attached hydrogens (tertiary/aromatic N) is 4. The van der Waals surface area contributed by atoms with Gasteiger partial charge < -0.3 is 19.2 Å². The van der Waals surface area contributed by atoms with Crippen molar-refractivity contribution >= 4 is 27.0 Å². The number of benzene rings is 1. The first-order valence-corrected chi connectivity index (χ1v) is 15.2. The van der Waals surface area contributed by atoms with Crippen molar-refractivity contribution in [2.75, 3.05) is 39.3 Å². The van der Waals surface area contributed by atoms with Crippen molar-refractivity contribution in [1.82, 2.24) is 29.2 Å². The van der Waals surface area contributed by atoms with Gasteiger partial charge in [0.1, 0.15) is 17.1 Å². The van der Waals surface area contributed by atoms with Gasteiger partial charge in [-0.1, -0.05) is 20.3 Å². The molecule has 0 bridgehead atoms. The molecule has 12 nitrogen and oxygen atoms in total. The molecule has 0 saturated carbocycles. The van der Waals surface area contributed by atoms with E-state index in [2.05, 4.69) is 11.9 Å². The second-order valence-corrected chi connectivity index (χ2v) is 11.8. The number of carbonyl (C=O) groups excluding carboxylic acids is 1. The lowest BCUT2D eigenvalue weighted by molar-refractivity contribution is -0.129. The lowest BCUT2D eigenvalue weighted by atomic mass is 10.1. The number of hydroxylamine groups is 1. The van der Waals surface area contributed by atoms with Crippen LogP contribution in [0.1, 0.15) is 45.6 Å². The van der Waals surface area contributed by atoms with Gasteiger partial charge in [-0.3, -0.25) is 14.8 Å². The first-order chi connectivity index (χ1) is 19.2. The third kappa shape index (κ3) is 6.22. The number of aromatic nitrogens is 3. The maximum absolute atomic E-state index is 13.6. The molecule has 1 aliphatic heterocycles. The summed E-state index contributed by atoms with van der Waals surface area (Å²) in [6.45, 7) is 8.95. The molecular formula is C27H38N6O6S. The summed E-state index contributed by atoms with van der Waals surface area (Å²) in [6.07, 6.45) is 4.51. The number of ether oxygens (including phenoxy) is 1. The highest BCUT2D eigenvalue weighted by molar-refractivity contribution is 7.89. The van der Waals surface area contributed by atoms with Gasteiger partial charge in [0.15, 0.2) is 0 Å². The Kier molecular flexibility index (Phi) is 9.61. The highest BCUT2D eigenvalue weighted by Crippen LogP contribution is 2.33. The zero-order valence-corrected chi connectivity index (χ0v) is 24.1. The summed E-state index contributed by atoms with van der Waals surface area (Å²) in [7, 11) is -3.85. The van der Waals surface area contributed by atoms with Gasteiger partial charge in [-0.05, 0) is 43.5 Å². The number of aryl methyl sites for hydroxylation is 2. The van der Waals surface area contributed by atoms with E-state index in [-0.39, 0.29) is 35.8 Å². The van der Waals surface area contributed by atoms with E-state index in [1.807, 2.05) is 29.5 Å². The molecule has 13 heteroatoms. The number of hydrogen-bond acceptors (Lipinski definition) is 8. The topological polar surface area (TPSA) is 150 Å². The standard InChI is InChI=1S/C27H38N6O6S/c1-4-7-19-18-32(6-3)25-24(19)28-26(29-27(25)35)21-17-20(8-9-22(21)39-16-5-2)40(37,38)33-14-12-31(13-15-33)11-10-23(34)30-36/h8-9,17-18,36H,4-7,10-16H2,1-3H3,(H,30,34)(H,28,29,35). The van der Waals surface area contributed by atoms with Crippen molar-refractivity contribution < 1.29 is 23.2 Å². The molecule has 0 unspecified atom stereocenters. The predicted molar refractivity (Wildman–Crippen MR) is 151 cm³/mol. The van der Waals surface area contributed by atoms with Crippen LogP contribution in [-0.2, 0) is 27.8 Å². The minimum Gasteiger partial charge on any atom is -0.493 e. The Morgan fingerprint density at radius 1 is 1.15 bits per heavy atom. The van der Waals surface area contributed by atoms with Gasteiger partial charge in [0.25, 0.3) is 5.56 Å². The molecule has 2 aromatic heterocycles. The molecular weight excluding hydrogens is 536 g/mol. The molecule has 218 valence electrons. The van der Waals surface area contributed by atoms with Gasteiger partial charge in [0.05, 0.1) is 22.6 Å². The maximum Gasteiger partial charge on any atom is 0.275 e. The Balaban J connectivity index is 1.69. The van der Waals surface area contributed by atoms with Gasteiger partial charge in [-0.2, -0.15) is 4.31 Å². The van der Waals surface area contributed by atoms with Crippen molar-refractivity contribution in [2.45, 2.75) is 57.9 Å². The van der Waals surface area contributed by atoms with E-state index in [9.17, 15) is 18.0 Å². The Bertz CT molecular complexity index is 1510. The molecule has 1 amide bonds. The van der Waals surface area contributed by atoms with Gasteiger partial charge in [0.2, 0.25) is 15.9 Å². The fraction of sp³-hybridized carbons (Fsp3) is 0.519. The number of aromatic amines is 1. The first-order valence-electron chi connectivity index (χ1n) is 13.8. The molecule has 1 aromatic carbocycles. The molecule has 0 spiro atoms. The fourth-order valence-electron chi connectivity index (χ4n) is 4.95. The Labute approximate surface area is 234 Å². The summed E-state index contributed by atoms with van der Waals surface area (Å²) < 4.78 is 36.6. The molecule has 40 heavy (non-hydrogen) atoms. The second-order valence-electron chi connectivity index (χ2n) is 9.84. The SMILES string of the molecule is CCCOc1ccc(S(=O)(=O)N2CCN(CCC(=O)NO)CC2)cc1-c1nc2c(CCC)cn(CC)c2c(=O)[nH]1. The summed E-state index contributed by atoms with van der Waals surface area (Å²) >= 11 is 0. The molecule has 0 aliphatic carbocycles. The normalized spacial score (nSPS) is 15.0. The van der Waals surface area contributed by atoms with Crippen LogP contribution in [0.3, 0.4) is 0 Å². The largest absolute Gasteiger partial charge is 0.493 e. The van der Waals surface area contributed by atoms with Crippen LogP contribution in [0.15, 0.2) is 34.1 Å². The number of sulfonamides is 1. The van der Waals surface area contributed by atoms with Crippen molar-refractivity contribution in [1.29, 1.82) is 0 Å². The molecule has 0 radical (unpaired) electrons. The zero-order chi connectivity index (χ0) is 28.9. The van der Waals surface area contributed by atoms with Crippen molar-refractivity contribution in [3.05, 3.63) is 40.3 Å². The van der Waals surface area contributed by atoms with Crippen LogP contribution in [0, 0.1) is 0 Å². The number of hydrogen-bond donors (Lipinski definition) is 3. The molecule has 0 atom stereocenters. The Hall–Kier alpha value is -3.26. The van der Waals surface area contributed by atoms with E-state index < -0.39 is 15.9 Å². The summed E-state index contributed by atoms with van der Waals surface area (Å²) in [5, 5.41) is 8.69. The number of rotatable bonds is 12. The molecule has 1 fully saturated rings. The fourth-order valence-corrected chi connectivity index (χ4v) is 6.40. The maximum atomic E-state index is 13.6. The van der Waals surface area contributed by atoms with Crippen molar-refractivity contribution in [3.63, 3.8) is 0 Å². The zero-order valence-electron chi connectivity index (χ0n) is 23.3. The summed E-state index contributed by atoms with van der Waals surface area (Å²) in [6, 6.07) is 4.67. The van der Waals surface area contributed by atoms with E-state index >= 15 is 0 Å². The van der Waals surface area contributed by atoms with Crippen LogP contribution < -0.4 is 15.8 Å². The molecule has 4 rings (SSSR count). The average Bonchev–Trinajstić information content (AvgIpc) is 3.33. The van der Waals surface area contributed by atoms with Gasteiger partial charge >= 0.3 is 0 Å². The highest BCUT2D eigenvalue weighted by atomic mass is 32.2. The number of fused-ring (bicyclic) bond motifs is 1. The number of amides is 1. The number of carbonyl (C=O) groups is 1. The monoisotopic (exact) mass is 574 g/mol. The number of H-pyrrole nitrogens is 1. The third-order valence-corrected chi connectivity index (χ3v) is 8.97. The van der Waals surface area contributed by atoms with E-state index in [0.29, 0.717) is 55.1 Å². The van der Waals surface area contributed by atoms with Crippen molar-refractivity contribution in [2.24, 2.45) is 0 Å². The smallest absolute Gasteiger partial charge is 0.275 e. The first kappa shape index (κ1) is 29.7. The van der Waals surface area contributed by atoms with Crippen LogP contribution in [0.25, 0.3) is 22.4 Å². The quantitative estimate of drug-likeness (QED) is 0.220. The third-order valence-electron chi connectivity index (χ3n) is 7.07. The van der Waals surface area contributed by atoms with Crippen LogP contribution in [0.2, 0.25) is 0 Å². The summed E-state index contributed by atoms with van der Waals surface area (Å²) in [5.41, 5.74) is 3.83. The Morgan fingerprint density at radius 3 is 2.55 bits per heavy atom. The molecule has 3 aromatic rings. The van der Waals surface area contributed by atoms with Crippen molar-refractivity contribution in [3.8, 4) is 17.1 Å². The Morgan fingerprint density at radius 2 is 1.90 bits per heavy atom. The molecule has 1 saturated heterocycles. The lowest BCUT2D eigenvalue weighted by Gasteiger charge is -2.33. The minimum atomic E-state index is -3.85. The van der Waals surface area contributed by atoms with E-state index in [0.717, 1.165) is 24.8 Å². The number of piperazine rings is 1. The average molecular weight is 575 g/mol. The van der Waals surface area contributed by atoms with E-state index in [1.54, 1.807) is 11.5 Å². The van der Waals surface area contributed by atoms with Crippen LogP contribution in [0.5, 0.6) is 5.75 Å². The summed E-state index contributed by atoms with van der Waals surface area (Å²) in [5.74, 6) is 0.229. The molecule has 1 aliphatic rings. The van der Waals surface area contributed by atoms with E-state index in [1.165, 1.54) is 16.4 Å². The van der Waals surface area contributed by atoms with Crippen LogP contribution in [-0.4, -0.2) is 82.6 Å². The van der Waals surface area contributed by atoms with E-state index in [4.69, 9.17) is 14.9 Å². The minimum absolute atomic E-state index is 0.0853. The highest BCUT2D eigenvalue weighted by Gasteiger charge is 2.30. The second kappa shape index (κ2) is 12.9.